The minimum absolute atomic E-state index is 0.132. The van der Waals surface area contributed by atoms with E-state index < -0.39 is 0 Å². The highest BCUT2D eigenvalue weighted by Crippen LogP contribution is 2.11. The molecule has 0 aliphatic carbocycles. The Morgan fingerprint density at radius 1 is 1.16 bits per heavy atom. The van der Waals surface area contributed by atoms with Crippen molar-refractivity contribution in [3.63, 3.8) is 0 Å². The molecule has 0 saturated heterocycles. The van der Waals surface area contributed by atoms with Gasteiger partial charge >= 0.3 is 0 Å². The average molecular weight is 258 g/mol. The average Bonchev–Trinajstić information content (AvgIpc) is 2.42. The molecule has 0 spiro atoms. The third kappa shape index (κ3) is 5.44. The molecule has 0 aliphatic rings. The van der Waals surface area contributed by atoms with Gasteiger partial charge in [0, 0.05) is 13.1 Å². The van der Waals surface area contributed by atoms with Gasteiger partial charge in [-0.25, -0.2) is 0 Å². The third-order valence-corrected chi connectivity index (χ3v) is 3.69. The van der Waals surface area contributed by atoms with Crippen molar-refractivity contribution in [1.29, 1.82) is 5.26 Å². The first-order chi connectivity index (χ1) is 9.06. The maximum absolute atomic E-state index is 9.11. The van der Waals surface area contributed by atoms with E-state index in [1.807, 2.05) is 0 Å². The molecule has 0 bridgehead atoms. The number of benzene rings is 1. The molecule has 1 rings (SSSR count). The largest absolute Gasteiger partial charge is 0.305 e. The predicted molar refractivity (Wildman–Crippen MR) is 81.0 cm³/mol. The van der Waals surface area contributed by atoms with E-state index in [9.17, 15) is 0 Å². The molecular formula is C17H26N2. The van der Waals surface area contributed by atoms with Crippen LogP contribution in [0.5, 0.6) is 0 Å². The van der Waals surface area contributed by atoms with Gasteiger partial charge in [-0.1, -0.05) is 45.0 Å². The van der Waals surface area contributed by atoms with Crippen LogP contribution < -0.4 is 0 Å². The van der Waals surface area contributed by atoms with Crippen molar-refractivity contribution in [3.05, 3.63) is 35.4 Å². The first-order valence-electron chi connectivity index (χ1n) is 7.22. The normalized spacial score (nSPS) is 12.7. The number of nitrogens with zero attached hydrogens (tertiary/aromatic N) is 2. The van der Waals surface area contributed by atoms with Crippen molar-refractivity contribution < 1.29 is 0 Å². The Labute approximate surface area is 118 Å². The van der Waals surface area contributed by atoms with Crippen LogP contribution in [-0.4, -0.2) is 25.0 Å². The molecule has 0 saturated carbocycles. The molecule has 0 radical (unpaired) electrons. The van der Waals surface area contributed by atoms with E-state index in [2.05, 4.69) is 63.1 Å². The summed E-state index contributed by atoms with van der Waals surface area (Å²) in [5.41, 5.74) is 2.77. The van der Waals surface area contributed by atoms with E-state index in [1.54, 1.807) is 0 Å². The van der Waals surface area contributed by atoms with Crippen LogP contribution in [-0.2, 0) is 12.8 Å². The van der Waals surface area contributed by atoms with Crippen LogP contribution in [0.1, 0.15) is 31.9 Å². The fourth-order valence-electron chi connectivity index (χ4n) is 2.09. The van der Waals surface area contributed by atoms with Crippen LogP contribution in [0.2, 0.25) is 0 Å². The topological polar surface area (TPSA) is 27.0 Å². The van der Waals surface area contributed by atoms with Gasteiger partial charge in [-0.05, 0) is 36.9 Å². The van der Waals surface area contributed by atoms with Crippen molar-refractivity contribution in [3.8, 4) is 6.07 Å². The summed E-state index contributed by atoms with van der Waals surface area (Å²) in [5.74, 6) is 0.559. The number of nitriles is 1. The number of aryl methyl sites for hydroxylation is 1. The lowest BCUT2D eigenvalue weighted by Crippen LogP contribution is -2.29. The van der Waals surface area contributed by atoms with E-state index >= 15 is 0 Å². The van der Waals surface area contributed by atoms with Gasteiger partial charge in [0.1, 0.15) is 0 Å². The zero-order valence-electron chi connectivity index (χ0n) is 12.7. The second-order valence-electron chi connectivity index (χ2n) is 5.66. The smallest absolute Gasteiger partial charge is 0.0671 e. The number of hydrogen-bond donors (Lipinski definition) is 0. The highest BCUT2D eigenvalue weighted by Gasteiger charge is 2.14. The van der Waals surface area contributed by atoms with E-state index in [4.69, 9.17) is 5.26 Å². The summed E-state index contributed by atoms with van der Waals surface area (Å²) in [7, 11) is 2.10. The Hall–Kier alpha value is -1.33. The lowest BCUT2D eigenvalue weighted by Gasteiger charge is -2.21. The second kappa shape index (κ2) is 7.96. The molecule has 0 N–H and O–H groups in total. The van der Waals surface area contributed by atoms with Gasteiger partial charge in [0.05, 0.1) is 12.0 Å². The van der Waals surface area contributed by atoms with E-state index in [-0.39, 0.29) is 5.92 Å². The Morgan fingerprint density at radius 3 is 2.21 bits per heavy atom. The number of likely N-dealkylation sites (N-methyl/N-ethyl adjacent to an activating group) is 1. The molecule has 1 atom stereocenters. The summed E-state index contributed by atoms with van der Waals surface area (Å²) >= 11 is 0. The maximum Gasteiger partial charge on any atom is 0.0671 e. The molecule has 0 amide bonds. The number of hydrogen-bond acceptors (Lipinski definition) is 2. The summed E-state index contributed by atoms with van der Waals surface area (Å²) < 4.78 is 0. The van der Waals surface area contributed by atoms with Crippen molar-refractivity contribution in [2.75, 3.05) is 20.1 Å². The molecule has 0 aliphatic heterocycles. The summed E-state index contributed by atoms with van der Waals surface area (Å²) in [6, 6.07) is 11.3. The van der Waals surface area contributed by atoms with Crippen molar-refractivity contribution in [2.24, 2.45) is 11.8 Å². The zero-order chi connectivity index (χ0) is 14.3. The Morgan fingerprint density at radius 2 is 1.74 bits per heavy atom. The molecule has 104 valence electrons. The standard InChI is InChI=1S/C17H26N2/c1-5-15-6-8-16(9-7-15)10-11-19(4)13-17(12-18)14(2)3/h6-9,14,17H,5,10-11,13H2,1-4H3. The van der Waals surface area contributed by atoms with Gasteiger partial charge in [-0.2, -0.15) is 5.26 Å². The summed E-state index contributed by atoms with van der Waals surface area (Å²) in [6.45, 7) is 8.28. The fraction of sp³-hybridized carbons (Fsp3) is 0.588. The highest BCUT2D eigenvalue weighted by molar-refractivity contribution is 5.22. The van der Waals surface area contributed by atoms with Crippen LogP contribution in [0.3, 0.4) is 0 Å². The third-order valence-electron chi connectivity index (χ3n) is 3.69. The molecule has 2 nitrogen and oxygen atoms in total. The molecule has 1 aromatic carbocycles. The van der Waals surface area contributed by atoms with Crippen LogP contribution in [0.15, 0.2) is 24.3 Å². The summed E-state index contributed by atoms with van der Waals surface area (Å²) in [6.07, 6.45) is 2.15. The minimum atomic E-state index is 0.132. The second-order valence-corrected chi connectivity index (χ2v) is 5.66. The number of rotatable bonds is 7. The highest BCUT2D eigenvalue weighted by atomic mass is 15.1. The van der Waals surface area contributed by atoms with Gasteiger partial charge < -0.3 is 4.90 Å². The molecule has 0 fully saturated rings. The summed E-state index contributed by atoms with van der Waals surface area (Å²) in [4.78, 5) is 2.27. The van der Waals surface area contributed by atoms with Crippen LogP contribution in [0.4, 0.5) is 0 Å². The lowest BCUT2D eigenvalue weighted by atomic mass is 9.97. The fourth-order valence-corrected chi connectivity index (χ4v) is 2.09. The lowest BCUT2D eigenvalue weighted by molar-refractivity contribution is 0.275. The monoisotopic (exact) mass is 258 g/mol. The van der Waals surface area contributed by atoms with Gasteiger partial charge in [0.2, 0.25) is 0 Å². The maximum atomic E-state index is 9.11. The van der Waals surface area contributed by atoms with Gasteiger partial charge in [0.15, 0.2) is 0 Å². The first-order valence-corrected chi connectivity index (χ1v) is 7.22. The first kappa shape index (κ1) is 15.7. The van der Waals surface area contributed by atoms with Gasteiger partial charge in [-0.3, -0.25) is 0 Å². The Balaban J connectivity index is 2.41. The molecule has 2 heteroatoms. The molecule has 0 aromatic heterocycles. The zero-order valence-corrected chi connectivity index (χ0v) is 12.7. The van der Waals surface area contributed by atoms with E-state index in [0.29, 0.717) is 5.92 Å². The molecule has 1 unspecified atom stereocenters. The Kier molecular flexibility index (Phi) is 6.59. The molecular weight excluding hydrogens is 232 g/mol. The van der Waals surface area contributed by atoms with Crippen molar-refractivity contribution in [2.45, 2.75) is 33.6 Å². The van der Waals surface area contributed by atoms with Crippen molar-refractivity contribution >= 4 is 0 Å². The van der Waals surface area contributed by atoms with Crippen LogP contribution >= 0.6 is 0 Å². The van der Waals surface area contributed by atoms with Crippen LogP contribution in [0.25, 0.3) is 0 Å². The van der Waals surface area contributed by atoms with E-state index in [0.717, 1.165) is 25.9 Å². The van der Waals surface area contributed by atoms with E-state index in [1.165, 1.54) is 11.1 Å². The van der Waals surface area contributed by atoms with Gasteiger partial charge in [-0.15, -0.1) is 0 Å². The minimum Gasteiger partial charge on any atom is -0.305 e. The molecule has 0 heterocycles. The van der Waals surface area contributed by atoms with Crippen molar-refractivity contribution in [1.82, 2.24) is 4.90 Å². The van der Waals surface area contributed by atoms with Gasteiger partial charge in [0.25, 0.3) is 0 Å². The Bertz CT molecular complexity index is 400. The molecule has 19 heavy (non-hydrogen) atoms. The SMILES string of the molecule is CCc1ccc(CCN(C)CC(C#N)C(C)C)cc1. The van der Waals surface area contributed by atoms with Crippen LogP contribution in [0, 0.1) is 23.2 Å². The summed E-state index contributed by atoms with van der Waals surface area (Å²) in [5, 5.41) is 9.11. The molecule has 1 aromatic rings. The predicted octanol–water partition coefficient (Wildman–Crippen LogP) is 3.52. The quantitative estimate of drug-likeness (QED) is 0.748.